The lowest BCUT2D eigenvalue weighted by Crippen LogP contribution is -2.32. The number of amides is 1. The fraction of sp³-hybridized carbons (Fsp3) is 0.292. The summed E-state index contributed by atoms with van der Waals surface area (Å²) in [6.45, 7) is 2.89. The Hall–Kier alpha value is -2.70. The Labute approximate surface area is 177 Å². The topological polar surface area (TPSA) is 66.5 Å². The van der Waals surface area contributed by atoms with E-state index in [0.29, 0.717) is 24.3 Å². The van der Waals surface area contributed by atoms with Gasteiger partial charge >= 0.3 is 0 Å². The molecule has 0 bridgehead atoms. The molecule has 0 aliphatic carbocycles. The molecule has 0 aromatic heterocycles. The molecule has 3 aromatic rings. The summed E-state index contributed by atoms with van der Waals surface area (Å²) in [5.41, 5.74) is 1.79. The second-order valence-corrected chi connectivity index (χ2v) is 9.75. The summed E-state index contributed by atoms with van der Waals surface area (Å²) < 4.78 is 27.8. The third-order valence-corrected chi connectivity index (χ3v) is 7.56. The van der Waals surface area contributed by atoms with Gasteiger partial charge in [-0.2, -0.15) is 4.31 Å². The Balaban J connectivity index is 1.61. The number of nitrogens with one attached hydrogen (secondary N) is 1. The third kappa shape index (κ3) is 4.25. The van der Waals surface area contributed by atoms with Gasteiger partial charge in [0.1, 0.15) is 0 Å². The van der Waals surface area contributed by atoms with Crippen molar-refractivity contribution in [3.63, 3.8) is 0 Å². The van der Waals surface area contributed by atoms with Crippen molar-refractivity contribution in [1.82, 2.24) is 4.31 Å². The van der Waals surface area contributed by atoms with Gasteiger partial charge in [-0.3, -0.25) is 4.79 Å². The largest absolute Gasteiger partial charge is 0.322 e. The van der Waals surface area contributed by atoms with Crippen molar-refractivity contribution in [2.75, 3.05) is 18.4 Å². The van der Waals surface area contributed by atoms with Crippen LogP contribution < -0.4 is 5.32 Å². The van der Waals surface area contributed by atoms with Crippen molar-refractivity contribution >= 4 is 32.4 Å². The van der Waals surface area contributed by atoms with Crippen molar-refractivity contribution in [3.05, 3.63) is 71.8 Å². The number of anilines is 1. The summed E-state index contributed by atoms with van der Waals surface area (Å²) in [6, 6.07) is 18.5. The predicted octanol–water partition coefficient (Wildman–Crippen LogP) is 4.97. The molecular formula is C24H26N2O3S. The summed E-state index contributed by atoms with van der Waals surface area (Å²) in [5.74, 6) is -0.310. The number of fused-ring (bicyclic) bond motifs is 1. The van der Waals surface area contributed by atoms with E-state index in [1.807, 2.05) is 49.4 Å². The summed E-state index contributed by atoms with van der Waals surface area (Å²) in [5, 5.41) is 5.04. The van der Waals surface area contributed by atoms with Crippen LogP contribution in [0.15, 0.2) is 65.6 Å². The van der Waals surface area contributed by atoms with Gasteiger partial charge in [0.25, 0.3) is 5.91 Å². The highest BCUT2D eigenvalue weighted by Gasteiger charge is 2.26. The maximum Gasteiger partial charge on any atom is 0.255 e. The maximum atomic E-state index is 13.1. The lowest BCUT2D eigenvalue weighted by molar-refractivity contribution is 0.102. The Kier molecular flexibility index (Phi) is 5.88. The molecular weight excluding hydrogens is 396 g/mol. The first-order chi connectivity index (χ1) is 14.4. The molecule has 1 amide bonds. The molecule has 1 fully saturated rings. The van der Waals surface area contributed by atoms with Crippen molar-refractivity contribution in [1.29, 1.82) is 0 Å². The lowest BCUT2D eigenvalue weighted by atomic mass is 10.1. The SMILES string of the molecule is Cc1ccc(S(=O)(=O)N2CCCCCC2)cc1C(=O)Nc1ccc2ccccc2c1. The number of hydrogen-bond acceptors (Lipinski definition) is 3. The van der Waals surface area contributed by atoms with E-state index in [4.69, 9.17) is 0 Å². The summed E-state index contributed by atoms with van der Waals surface area (Å²) in [6.07, 6.45) is 3.86. The van der Waals surface area contributed by atoms with Crippen molar-refractivity contribution in [2.45, 2.75) is 37.5 Å². The van der Waals surface area contributed by atoms with Gasteiger partial charge in [0.15, 0.2) is 0 Å². The minimum absolute atomic E-state index is 0.179. The fourth-order valence-corrected chi connectivity index (χ4v) is 5.45. The van der Waals surface area contributed by atoms with E-state index in [2.05, 4.69) is 5.32 Å². The molecule has 30 heavy (non-hydrogen) atoms. The first-order valence-electron chi connectivity index (χ1n) is 10.4. The zero-order valence-electron chi connectivity index (χ0n) is 17.1. The van der Waals surface area contributed by atoms with Crippen LogP contribution in [0.5, 0.6) is 0 Å². The number of rotatable bonds is 4. The van der Waals surface area contributed by atoms with Crippen LogP contribution in [0.2, 0.25) is 0 Å². The van der Waals surface area contributed by atoms with Crippen LogP contribution in [0, 0.1) is 6.92 Å². The second-order valence-electron chi connectivity index (χ2n) is 7.81. The Bertz CT molecular complexity index is 1180. The third-order valence-electron chi connectivity index (χ3n) is 5.66. The average Bonchev–Trinajstić information content (AvgIpc) is 3.04. The summed E-state index contributed by atoms with van der Waals surface area (Å²) >= 11 is 0. The lowest BCUT2D eigenvalue weighted by Gasteiger charge is -2.20. The molecule has 0 unspecified atom stereocenters. The number of carbonyl (C=O) groups is 1. The number of benzene rings is 3. The van der Waals surface area contributed by atoms with Gasteiger partial charge in [0, 0.05) is 24.3 Å². The Morgan fingerprint density at radius 3 is 2.30 bits per heavy atom. The van der Waals surface area contributed by atoms with Crippen LogP contribution in [0.4, 0.5) is 5.69 Å². The Morgan fingerprint density at radius 2 is 1.57 bits per heavy atom. The molecule has 156 valence electrons. The van der Waals surface area contributed by atoms with Crippen LogP contribution in [0.3, 0.4) is 0 Å². The highest BCUT2D eigenvalue weighted by Crippen LogP contribution is 2.24. The van der Waals surface area contributed by atoms with E-state index in [0.717, 1.165) is 42.0 Å². The molecule has 1 N–H and O–H groups in total. The highest BCUT2D eigenvalue weighted by atomic mass is 32.2. The van der Waals surface area contributed by atoms with E-state index in [-0.39, 0.29) is 10.8 Å². The summed E-state index contributed by atoms with van der Waals surface area (Å²) in [7, 11) is -3.61. The van der Waals surface area contributed by atoms with Gasteiger partial charge in [0.2, 0.25) is 10.0 Å². The minimum atomic E-state index is -3.61. The van der Waals surface area contributed by atoms with E-state index in [1.54, 1.807) is 16.4 Å². The molecule has 1 aliphatic heterocycles. The number of hydrogen-bond donors (Lipinski definition) is 1. The van der Waals surface area contributed by atoms with Gasteiger partial charge < -0.3 is 5.32 Å². The minimum Gasteiger partial charge on any atom is -0.322 e. The van der Waals surface area contributed by atoms with Crippen LogP contribution in [-0.4, -0.2) is 31.7 Å². The number of nitrogens with zero attached hydrogens (tertiary/aromatic N) is 1. The second kappa shape index (κ2) is 8.58. The number of carbonyl (C=O) groups excluding carboxylic acids is 1. The van der Waals surface area contributed by atoms with Gasteiger partial charge in [0.05, 0.1) is 4.90 Å². The highest BCUT2D eigenvalue weighted by molar-refractivity contribution is 7.89. The van der Waals surface area contributed by atoms with Crippen molar-refractivity contribution in [2.24, 2.45) is 0 Å². The smallest absolute Gasteiger partial charge is 0.255 e. The molecule has 5 nitrogen and oxygen atoms in total. The van der Waals surface area contributed by atoms with E-state index >= 15 is 0 Å². The molecule has 0 atom stereocenters. The van der Waals surface area contributed by atoms with Crippen molar-refractivity contribution in [3.8, 4) is 0 Å². The molecule has 0 saturated carbocycles. The molecule has 1 saturated heterocycles. The van der Waals surface area contributed by atoms with Gasteiger partial charge in [-0.1, -0.05) is 49.2 Å². The first-order valence-corrected chi connectivity index (χ1v) is 11.8. The van der Waals surface area contributed by atoms with E-state index in [1.165, 1.54) is 6.07 Å². The van der Waals surface area contributed by atoms with Crippen LogP contribution in [-0.2, 0) is 10.0 Å². The number of aryl methyl sites for hydroxylation is 1. The molecule has 3 aromatic carbocycles. The van der Waals surface area contributed by atoms with Crippen LogP contribution in [0.25, 0.3) is 10.8 Å². The van der Waals surface area contributed by atoms with Crippen LogP contribution >= 0.6 is 0 Å². The predicted molar refractivity (Wildman–Crippen MR) is 120 cm³/mol. The molecule has 1 heterocycles. The molecule has 0 spiro atoms. The van der Waals surface area contributed by atoms with Gasteiger partial charge in [-0.25, -0.2) is 8.42 Å². The van der Waals surface area contributed by atoms with E-state index in [9.17, 15) is 13.2 Å². The average molecular weight is 423 g/mol. The van der Waals surface area contributed by atoms with E-state index < -0.39 is 10.0 Å². The maximum absolute atomic E-state index is 13.1. The zero-order chi connectivity index (χ0) is 21.1. The molecule has 0 radical (unpaired) electrons. The fourth-order valence-electron chi connectivity index (χ4n) is 3.90. The van der Waals surface area contributed by atoms with Gasteiger partial charge in [-0.15, -0.1) is 0 Å². The molecule has 4 rings (SSSR count). The normalized spacial score (nSPS) is 15.6. The quantitative estimate of drug-likeness (QED) is 0.646. The monoisotopic (exact) mass is 422 g/mol. The van der Waals surface area contributed by atoms with Crippen LogP contribution in [0.1, 0.15) is 41.6 Å². The Morgan fingerprint density at radius 1 is 0.867 bits per heavy atom. The zero-order valence-corrected chi connectivity index (χ0v) is 17.9. The molecule has 1 aliphatic rings. The molecule has 6 heteroatoms. The first kappa shape index (κ1) is 20.6. The van der Waals surface area contributed by atoms with Crippen molar-refractivity contribution < 1.29 is 13.2 Å². The van der Waals surface area contributed by atoms with Gasteiger partial charge in [-0.05, 0) is 60.4 Å². The standard InChI is InChI=1S/C24H26N2O3S/c1-18-10-13-22(30(28,29)26-14-6-2-3-7-15-26)17-23(18)24(27)25-21-12-11-19-8-4-5-9-20(19)16-21/h4-5,8-13,16-17H,2-3,6-7,14-15H2,1H3,(H,25,27). The number of sulfonamides is 1. The summed E-state index contributed by atoms with van der Waals surface area (Å²) in [4.78, 5) is 13.1.